The smallest absolute Gasteiger partial charge is 0.249 e. The number of methoxy groups -OCH3 is 1. The molecule has 4 unspecified atom stereocenters. The molecule has 0 bridgehead atoms. The summed E-state index contributed by atoms with van der Waals surface area (Å²) < 4.78 is 5.28. The number of imide groups is 1. The minimum Gasteiger partial charge on any atom is -0.497 e. The molecule has 8 nitrogen and oxygen atoms in total. The van der Waals surface area contributed by atoms with Crippen molar-refractivity contribution in [1.82, 2.24) is 9.91 Å². The Morgan fingerprint density at radius 2 is 1.62 bits per heavy atom. The van der Waals surface area contributed by atoms with Gasteiger partial charge in [-0.15, -0.1) is 0 Å². The number of hydrogen-bond acceptors (Lipinski definition) is 7. The Morgan fingerprint density at radius 1 is 0.946 bits per heavy atom. The van der Waals surface area contributed by atoms with Gasteiger partial charge in [0.25, 0.3) is 0 Å². The van der Waals surface area contributed by atoms with Crippen LogP contribution in [0.1, 0.15) is 43.8 Å². The lowest BCUT2D eigenvalue weighted by Gasteiger charge is -2.41. The standard InChI is InChI=1S/C29H36N4O4/c1-31(2)21-13-9-19(10-14-21)27(34)25-18-17-24-26(33(25)30-20-11-15-23(37-3)16-12-20)29(36)32(28(24)35)22-7-5-4-6-8-22/h9-18,22,24-27,30,34H,4-8H2,1-3H3. The number of likely N-dealkylation sites (tertiary alicyclic amines) is 1. The Kier molecular flexibility index (Phi) is 7.22. The monoisotopic (exact) mass is 504 g/mol. The molecule has 1 saturated heterocycles. The predicted octanol–water partition coefficient (Wildman–Crippen LogP) is 3.75. The van der Waals surface area contributed by atoms with Gasteiger partial charge >= 0.3 is 0 Å². The van der Waals surface area contributed by atoms with Gasteiger partial charge in [0.1, 0.15) is 11.8 Å². The van der Waals surface area contributed by atoms with Crippen LogP contribution >= 0.6 is 0 Å². The maximum Gasteiger partial charge on any atom is 0.249 e. The average Bonchev–Trinajstić information content (AvgIpc) is 3.19. The lowest BCUT2D eigenvalue weighted by Crippen LogP contribution is -2.56. The number of ether oxygens (including phenoxy) is 1. The van der Waals surface area contributed by atoms with Crippen molar-refractivity contribution in [2.75, 3.05) is 31.5 Å². The zero-order chi connectivity index (χ0) is 26.1. The van der Waals surface area contributed by atoms with Crippen molar-refractivity contribution in [2.24, 2.45) is 5.92 Å². The number of carbonyl (C=O) groups excluding carboxylic acids is 2. The van der Waals surface area contributed by atoms with E-state index < -0.39 is 24.1 Å². The van der Waals surface area contributed by atoms with Crippen LogP contribution in [-0.2, 0) is 9.59 Å². The number of anilines is 2. The van der Waals surface area contributed by atoms with Gasteiger partial charge in [0, 0.05) is 31.5 Å². The van der Waals surface area contributed by atoms with E-state index >= 15 is 0 Å². The topological polar surface area (TPSA) is 85.3 Å². The van der Waals surface area contributed by atoms with Gasteiger partial charge in [-0.1, -0.05) is 43.5 Å². The number of fused-ring (bicyclic) bond motifs is 1. The minimum absolute atomic E-state index is 0.0439. The average molecular weight is 505 g/mol. The van der Waals surface area contributed by atoms with Crippen molar-refractivity contribution in [3.8, 4) is 5.75 Å². The highest BCUT2D eigenvalue weighted by Gasteiger charge is 2.55. The van der Waals surface area contributed by atoms with Crippen LogP contribution in [0.3, 0.4) is 0 Å². The zero-order valence-corrected chi connectivity index (χ0v) is 21.7. The van der Waals surface area contributed by atoms with Gasteiger partial charge in [-0.05, 0) is 54.8 Å². The number of hydrazine groups is 1. The van der Waals surface area contributed by atoms with Crippen LogP contribution in [0.25, 0.3) is 0 Å². The maximum absolute atomic E-state index is 13.9. The van der Waals surface area contributed by atoms with E-state index in [1.54, 1.807) is 12.1 Å². The fourth-order valence-corrected chi connectivity index (χ4v) is 5.77. The molecule has 0 aromatic heterocycles. The molecule has 3 aliphatic rings. The van der Waals surface area contributed by atoms with Crippen LogP contribution < -0.4 is 15.1 Å². The van der Waals surface area contributed by atoms with Gasteiger partial charge in [-0.2, -0.15) is 0 Å². The molecular weight excluding hydrogens is 468 g/mol. The second-order valence-corrected chi connectivity index (χ2v) is 10.4. The van der Waals surface area contributed by atoms with Crippen LogP contribution in [0, 0.1) is 5.92 Å². The van der Waals surface area contributed by atoms with Gasteiger partial charge in [-0.25, -0.2) is 5.01 Å². The number of benzene rings is 2. The molecule has 1 saturated carbocycles. The minimum atomic E-state index is -0.911. The normalized spacial score (nSPS) is 25.2. The van der Waals surface area contributed by atoms with E-state index in [1.807, 2.05) is 79.7 Å². The summed E-state index contributed by atoms with van der Waals surface area (Å²) in [4.78, 5) is 30.9. The summed E-state index contributed by atoms with van der Waals surface area (Å²) in [5, 5.41) is 13.3. The van der Waals surface area contributed by atoms with E-state index in [2.05, 4.69) is 5.43 Å². The van der Waals surface area contributed by atoms with E-state index in [0.717, 1.165) is 54.8 Å². The molecule has 2 N–H and O–H groups in total. The lowest BCUT2D eigenvalue weighted by atomic mass is 9.90. The van der Waals surface area contributed by atoms with Gasteiger partial charge in [-0.3, -0.25) is 14.5 Å². The molecule has 0 radical (unpaired) electrons. The second-order valence-electron chi connectivity index (χ2n) is 10.4. The molecule has 2 aromatic rings. The number of rotatable bonds is 7. The number of aliphatic hydroxyl groups excluding tert-OH is 1. The van der Waals surface area contributed by atoms with Crippen molar-refractivity contribution >= 4 is 23.2 Å². The molecular formula is C29H36N4O4. The van der Waals surface area contributed by atoms with Crippen molar-refractivity contribution in [3.05, 3.63) is 66.2 Å². The number of nitrogens with zero attached hydrogens (tertiary/aromatic N) is 3. The second kappa shape index (κ2) is 10.6. The van der Waals surface area contributed by atoms with E-state index in [-0.39, 0.29) is 17.9 Å². The van der Waals surface area contributed by atoms with E-state index in [0.29, 0.717) is 0 Å². The summed E-state index contributed by atoms with van der Waals surface area (Å²) in [7, 11) is 5.55. The maximum atomic E-state index is 13.9. The fourth-order valence-electron chi connectivity index (χ4n) is 5.77. The molecule has 2 aromatic carbocycles. The van der Waals surface area contributed by atoms with Crippen LogP contribution in [0.4, 0.5) is 11.4 Å². The summed E-state index contributed by atoms with van der Waals surface area (Å²) in [5.74, 6) is -0.190. The predicted molar refractivity (Wildman–Crippen MR) is 143 cm³/mol. The third-order valence-electron chi connectivity index (χ3n) is 7.85. The third-order valence-corrected chi connectivity index (χ3v) is 7.85. The molecule has 196 valence electrons. The molecule has 2 amide bonds. The molecule has 5 rings (SSSR count). The lowest BCUT2D eigenvalue weighted by molar-refractivity contribution is -0.143. The van der Waals surface area contributed by atoms with Gasteiger partial charge in [0.05, 0.1) is 25.2 Å². The Balaban J connectivity index is 1.48. The number of hydrogen-bond donors (Lipinski definition) is 2. The Bertz CT molecular complexity index is 1140. The van der Waals surface area contributed by atoms with Crippen molar-refractivity contribution in [1.29, 1.82) is 0 Å². The van der Waals surface area contributed by atoms with Gasteiger partial charge in [0.2, 0.25) is 11.8 Å². The number of amides is 2. The highest BCUT2D eigenvalue weighted by atomic mass is 16.5. The fraction of sp³-hybridized carbons (Fsp3) is 0.448. The van der Waals surface area contributed by atoms with Gasteiger partial charge in [0.15, 0.2) is 0 Å². The first-order valence-corrected chi connectivity index (χ1v) is 13.1. The Hall–Kier alpha value is -3.36. The molecule has 8 heteroatoms. The summed E-state index contributed by atoms with van der Waals surface area (Å²) in [6, 6.07) is 13.8. The molecule has 2 aliphatic heterocycles. The third kappa shape index (κ3) is 4.83. The number of aliphatic hydroxyl groups is 1. The van der Waals surface area contributed by atoms with E-state index in [1.165, 1.54) is 4.90 Å². The van der Waals surface area contributed by atoms with Crippen LogP contribution in [0.2, 0.25) is 0 Å². The van der Waals surface area contributed by atoms with Crippen molar-refractivity contribution < 1.29 is 19.4 Å². The van der Waals surface area contributed by atoms with Gasteiger partial charge < -0.3 is 20.2 Å². The summed E-state index contributed by atoms with van der Waals surface area (Å²) in [6.45, 7) is 0. The largest absolute Gasteiger partial charge is 0.497 e. The Morgan fingerprint density at radius 3 is 2.24 bits per heavy atom. The highest BCUT2D eigenvalue weighted by molar-refractivity contribution is 6.08. The zero-order valence-electron chi connectivity index (χ0n) is 21.7. The molecule has 2 heterocycles. The summed E-state index contributed by atoms with van der Waals surface area (Å²) in [6.07, 6.45) is 7.69. The molecule has 1 aliphatic carbocycles. The van der Waals surface area contributed by atoms with Crippen LogP contribution in [0.5, 0.6) is 5.75 Å². The molecule has 37 heavy (non-hydrogen) atoms. The number of nitrogens with one attached hydrogen (secondary N) is 1. The number of carbonyl (C=O) groups is 2. The first-order chi connectivity index (χ1) is 17.9. The summed E-state index contributed by atoms with van der Waals surface area (Å²) in [5.41, 5.74) is 5.88. The summed E-state index contributed by atoms with van der Waals surface area (Å²) >= 11 is 0. The van der Waals surface area contributed by atoms with Crippen molar-refractivity contribution in [2.45, 2.75) is 56.3 Å². The van der Waals surface area contributed by atoms with Crippen LogP contribution in [0.15, 0.2) is 60.7 Å². The molecule has 0 spiro atoms. The highest BCUT2D eigenvalue weighted by Crippen LogP contribution is 2.39. The van der Waals surface area contributed by atoms with E-state index in [9.17, 15) is 14.7 Å². The molecule has 2 fully saturated rings. The van der Waals surface area contributed by atoms with E-state index in [4.69, 9.17) is 4.74 Å². The van der Waals surface area contributed by atoms with Crippen LogP contribution in [-0.4, -0.2) is 66.2 Å². The molecule has 4 atom stereocenters. The first kappa shape index (κ1) is 25.3. The SMILES string of the molecule is COc1ccc(NN2C(C(O)c3ccc(N(C)C)cc3)C=CC3C(=O)N(C4CCCCC4)C(=O)C32)cc1. The quantitative estimate of drug-likeness (QED) is 0.439. The van der Waals surface area contributed by atoms with Crippen molar-refractivity contribution in [3.63, 3.8) is 0 Å². The first-order valence-electron chi connectivity index (χ1n) is 13.1. The Labute approximate surface area is 218 Å².